The Hall–Kier alpha value is -3.06. The van der Waals surface area contributed by atoms with Crippen LogP contribution in [0.2, 0.25) is 0 Å². The average molecular weight is 439 g/mol. The van der Waals surface area contributed by atoms with Gasteiger partial charge in [0.2, 0.25) is 0 Å². The molecule has 0 fully saturated rings. The molecule has 0 bridgehead atoms. The number of nitrogens with one attached hydrogen (secondary N) is 1. The predicted molar refractivity (Wildman–Crippen MR) is 128 cm³/mol. The molecule has 7 heteroatoms. The zero-order valence-corrected chi connectivity index (χ0v) is 19.1. The van der Waals surface area contributed by atoms with Crippen molar-refractivity contribution in [2.45, 2.75) is 38.6 Å². The van der Waals surface area contributed by atoms with Crippen LogP contribution in [0.4, 0.5) is 17.1 Å². The van der Waals surface area contributed by atoms with Gasteiger partial charge in [-0.15, -0.1) is 0 Å². The van der Waals surface area contributed by atoms with Crippen molar-refractivity contribution in [1.82, 2.24) is 4.98 Å². The molecular weight excluding hydrogens is 408 g/mol. The number of nitrogens with zero attached hydrogens (tertiary/aromatic N) is 2. The molecular formula is C24H30N4O2S. The number of aryl methyl sites for hydroxylation is 1. The second-order valence-corrected chi connectivity index (χ2v) is 9.77. The van der Waals surface area contributed by atoms with Crippen molar-refractivity contribution in [3.8, 4) is 0 Å². The molecule has 1 aromatic heterocycles. The summed E-state index contributed by atoms with van der Waals surface area (Å²) in [6.07, 6.45) is 4.36. The number of hydrogen-bond acceptors (Lipinski definition) is 5. The molecule has 31 heavy (non-hydrogen) atoms. The lowest BCUT2D eigenvalue weighted by molar-refractivity contribution is 0.578. The van der Waals surface area contributed by atoms with Gasteiger partial charge < -0.3 is 11.1 Å². The monoisotopic (exact) mass is 438 g/mol. The van der Waals surface area contributed by atoms with E-state index < -0.39 is 10.0 Å². The lowest BCUT2D eigenvalue weighted by Crippen LogP contribution is -2.34. The first-order valence-corrected chi connectivity index (χ1v) is 11.9. The smallest absolute Gasteiger partial charge is 0.264 e. The van der Waals surface area contributed by atoms with Gasteiger partial charge in [-0.2, -0.15) is 0 Å². The maximum Gasteiger partial charge on any atom is 0.264 e. The largest absolute Gasteiger partial charge is 0.397 e. The fourth-order valence-electron chi connectivity index (χ4n) is 3.26. The first-order valence-electron chi connectivity index (χ1n) is 10.4. The molecule has 2 aromatic carbocycles. The van der Waals surface area contributed by atoms with Gasteiger partial charge in [0.05, 0.1) is 22.0 Å². The standard InChI is InChI=1S/C24H30N4O2S/c1-4-19-5-7-21(8-6-19)28(17-18(2)3)31(29,30)22-9-10-24(23(25)15-22)27-16-20-11-13-26-14-12-20/h5-15,18,27H,4,16-17,25H2,1-3H3. The summed E-state index contributed by atoms with van der Waals surface area (Å²) in [6.45, 7) is 7.04. The number of nitrogens with two attached hydrogens (primary N) is 1. The molecule has 0 spiro atoms. The maximum absolute atomic E-state index is 13.5. The fourth-order valence-corrected chi connectivity index (χ4v) is 4.92. The number of aromatic nitrogens is 1. The Morgan fingerprint density at radius 3 is 2.26 bits per heavy atom. The molecule has 0 radical (unpaired) electrons. The maximum atomic E-state index is 13.5. The molecule has 0 atom stereocenters. The van der Waals surface area contributed by atoms with E-state index in [1.165, 1.54) is 15.9 Å². The SMILES string of the molecule is CCc1ccc(N(CC(C)C)S(=O)(=O)c2ccc(NCc3ccncc3)c(N)c2)cc1. The van der Waals surface area contributed by atoms with Crippen molar-refractivity contribution in [1.29, 1.82) is 0 Å². The minimum absolute atomic E-state index is 0.166. The molecule has 0 aliphatic rings. The van der Waals surface area contributed by atoms with Gasteiger partial charge in [0.15, 0.2) is 0 Å². The van der Waals surface area contributed by atoms with Crippen LogP contribution in [0.5, 0.6) is 0 Å². The molecule has 0 saturated heterocycles. The van der Waals surface area contributed by atoms with Gasteiger partial charge in [-0.3, -0.25) is 9.29 Å². The number of pyridine rings is 1. The van der Waals surface area contributed by atoms with E-state index >= 15 is 0 Å². The second kappa shape index (κ2) is 9.83. The van der Waals surface area contributed by atoms with E-state index in [1.807, 2.05) is 50.2 Å². The lowest BCUT2D eigenvalue weighted by Gasteiger charge is -2.27. The van der Waals surface area contributed by atoms with Crippen LogP contribution in [-0.2, 0) is 23.0 Å². The molecule has 6 nitrogen and oxygen atoms in total. The Labute approximate surface area is 185 Å². The van der Waals surface area contributed by atoms with Crippen molar-refractivity contribution >= 4 is 27.1 Å². The number of anilines is 3. The first kappa shape index (κ1) is 22.6. The van der Waals surface area contributed by atoms with Crippen LogP contribution < -0.4 is 15.4 Å². The van der Waals surface area contributed by atoms with Crippen LogP contribution in [0.15, 0.2) is 71.9 Å². The van der Waals surface area contributed by atoms with E-state index in [4.69, 9.17) is 5.73 Å². The molecule has 0 amide bonds. The number of rotatable bonds is 9. The quantitative estimate of drug-likeness (QED) is 0.473. The van der Waals surface area contributed by atoms with Crippen molar-refractivity contribution < 1.29 is 8.42 Å². The molecule has 3 aromatic rings. The van der Waals surface area contributed by atoms with E-state index in [0.717, 1.165) is 12.0 Å². The van der Waals surface area contributed by atoms with Crippen LogP contribution in [0.25, 0.3) is 0 Å². The molecule has 3 rings (SSSR count). The summed E-state index contributed by atoms with van der Waals surface area (Å²) in [7, 11) is -3.76. The Bertz CT molecular complexity index is 1100. The lowest BCUT2D eigenvalue weighted by atomic mass is 10.1. The number of nitrogen functional groups attached to an aromatic ring is 1. The Balaban J connectivity index is 1.87. The summed E-state index contributed by atoms with van der Waals surface area (Å²) in [5, 5.41) is 3.25. The van der Waals surface area contributed by atoms with Gasteiger partial charge in [0.25, 0.3) is 10.0 Å². The minimum atomic E-state index is -3.76. The van der Waals surface area contributed by atoms with Gasteiger partial charge in [0, 0.05) is 25.5 Å². The number of sulfonamides is 1. The first-order chi connectivity index (χ1) is 14.8. The second-order valence-electron chi connectivity index (χ2n) is 7.91. The van der Waals surface area contributed by atoms with E-state index in [-0.39, 0.29) is 10.8 Å². The summed E-state index contributed by atoms with van der Waals surface area (Å²) >= 11 is 0. The fraction of sp³-hybridized carbons (Fsp3) is 0.292. The summed E-state index contributed by atoms with van der Waals surface area (Å²) < 4.78 is 28.5. The Kier molecular flexibility index (Phi) is 7.17. The van der Waals surface area contributed by atoms with Crippen molar-refractivity contribution in [3.63, 3.8) is 0 Å². The van der Waals surface area contributed by atoms with Crippen molar-refractivity contribution in [2.24, 2.45) is 5.92 Å². The van der Waals surface area contributed by atoms with Crippen LogP contribution in [0.1, 0.15) is 31.9 Å². The van der Waals surface area contributed by atoms with Crippen LogP contribution in [-0.4, -0.2) is 19.9 Å². The highest BCUT2D eigenvalue weighted by atomic mass is 32.2. The van der Waals surface area contributed by atoms with Crippen molar-refractivity contribution in [2.75, 3.05) is 21.9 Å². The molecule has 0 aliphatic heterocycles. The van der Waals surface area contributed by atoms with Crippen LogP contribution in [0, 0.1) is 5.92 Å². The predicted octanol–water partition coefficient (Wildman–Crippen LogP) is 4.69. The van der Waals surface area contributed by atoms with Crippen LogP contribution in [0.3, 0.4) is 0 Å². The van der Waals surface area contributed by atoms with Gasteiger partial charge in [-0.25, -0.2) is 8.42 Å². The van der Waals surface area contributed by atoms with E-state index in [1.54, 1.807) is 24.5 Å². The van der Waals surface area contributed by atoms with Gasteiger partial charge >= 0.3 is 0 Å². The molecule has 0 unspecified atom stereocenters. The third kappa shape index (κ3) is 5.55. The van der Waals surface area contributed by atoms with Gasteiger partial charge in [-0.05, 0) is 65.9 Å². The molecule has 3 N–H and O–H groups in total. The Morgan fingerprint density at radius 2 is 1.68 bits per heavy atom. The molecule has 0 aliphatic carbocycles. The minimum Gasteiger partial charge on any atom is -0.397 e. The highest BCUT2D eigenvalue weighted by Crippen LogP contribution is 2.29. The summed E-state index contributed by atoms with van der Waals surface area (Å²) in [5.41, 5.74) is 10.2. The third-order valence-electron chi connectivity index (χ3n) is 5.01. The zero-order chi connectivity index (χ0) is 22.4. The van der Waals surface area contributed by atoms with E-state index in [9.17, 15) is 8.42 Å². The number of hydrogen-bond donors (Lipinski definition) is 2. The third-order valence-corrected chi connectivity index (χ3v) is 6.80. The Morgan fingerprint density at radius 1 is 1.00 bits per heavy atom. The van der Waals surface area contributed by atoms with Gasteiger partial charge in [-0.1, -0.05) is 32.9 Å². The van der Waals surface area contributed by atoms with Gasteiger partial charge in [0.1, 0.15) is 0 Å². The zero-order valence-electron chi connectivity index (χ0n) is 18.2. The molecule has 0 saturated carbocycles. The highest BCUT2D eigenvalue weighted by Gasteiger charge is 2.26. The molecule has 164 valence electrons. The summed E-state index contributed by atoms with van der Waals surface area (Å²) in [6, 6.07) is 16.4. The van der Waals surface area contributed by atoms with E-state index in [2.05, 4.69) is 17.2 Å². The van der Waals surface area contributed by atoms with Crippen molar-refractivity contribution in [3.05, 3.63) is 78.1 Å². The van der Waals surface area contributed by atoms with E-state index in [0.29, 0.717) is 30.2 Å². The normalized spacial score (nSPS) is 11.5. The highest BCUT2D eigenvalue weighted by molar-refractivity contribution is 7.92. The van der Waals surface area contributed by atoms with Crippen LogP contribution >= 0.6 is 0 Å². The molecule has 1 heterocycles. The summed E-state index contributed by atoms with van der Waals surface area (Å²) in [4.78, 5) is 4.18. The number of benzene rings is 2. The topological polar surface area (TPSA) is 88.3 Å². The summed E-state index contributed by atoms with van der Waals surface area (Å²) in [5.74, 6) is 0.166. The average Bonchev–Trinajstić information content (AvgIpc) is 2.77.